The molecule has 0 aliphatic carbocycles. The number of rotatable bonds is 3. The summed E-state index contributed by atoms with van der Waals surface area (Å²) in [7, 11) is 3.76. The van der Waals surface area contributed by atoms with E-state index in [0.717, 1.165) is 16.5 Å². The Morgan fingerprint density at radius 1 is 1.23 bits per heavy atom. The van der Waals surface area contributed by atoms with Crippen LogP contribution in [0.4, 0.5) is 5.95 Å². The first kappa shape index (κ1) is 16.7. The highest BCUT2D eigenvalue weighted by Gasteiger charge is 2.23. The number of furan rings is 1. The van der Waals surface area contributed by atoms with Crippen molar-refractivity contribution < 1.29 is 9.21 Å². The number of amides is 1. The Balaban J connectivity index is 1.75. The number of hydrogen-bond donors (Lipinski definition) is 1. The largest absolute Gasteiger partial charge is 0.456 e. The maximum atomic E-state index is 11.8. The summed E-state index contributed by atoms with van der Waals surface area (Å²) in [4.78, 5) is 27.1. The first-order valence-corrected chi connectivity index (χ1v) is 8.86. The summed E-state index contributed by atoms with van der Waals surface area (Å²) in [6, 6.07) is 1.84. The topological polar surface area (TPSA) is 84.2 Å². The van der Waals surface area contributed by atoms with E-state index in [1.165, 1.54) is 11.8 Å². The van der Waals surface area contributed by atoms with Crippen molar-refractivity contribution in [2.75, 3.05) is 19.0 Å². The standard InChI is InChI=1S/C17H13N5O2S2/c1-22(2)16-19-6-10(7-20-16)12-8-18-5-9-3-11(24-14(9)12)4-13-15(23)21-17(25)26-13/h3-8H,1-2H3,(H,21,23,25)/b13-4+. The number of carbonyl (C=O) groups is 1. The zero-order chi connectivity index (χ0) is 18.3. The van der Waals surface area contributed by atoms with Crippen LogP contribution < -0.4 is 10.2 Å². The number of aromatic nitrogens is 3. The van der Waals surface area contributed by atoms with Gasteiger partial charge in [0.25, 0.3) is 5.91 Å². The fraction of sp³-hybridized carbons (Fsp3) is 0.118. The van der Waals surface area contributed by atoms with Crippen molar-refractivity contribution in [3.8, 4) is 11.1 Å². The summed E-state index contributed by atoms with van der Waals surface area (Å²) >= 11 is 6.21. The van der Waals surface area contributed by atoms with E-state index in [9.17, 15) is 4.79 Å². The molecule has 9 heteroatoms. The van der Waals surface area contributed by atoms with E-state index in [1.807, 2.05) is 25.1 Å². The monoisotopic (exact) mass is 383 g/mol. The van der Waals surface area contributed by atoms with E-state index in [1.54, 1.807) is 30.9 Å². The van der Waals surface area contributed by atoms with Crippen LogP contribution in [0.1, 0.15) is 5.76 Å². The minimum atomic E-state index is -0.216. The van der Waals surface area contributed by atoms with Gasteiger partial charge in [-0.3, -0.25) is 9.78 Å². The van der Waals surface area contributed by atoms with Crippen LogP contribution in [-0.4, -0.2) is 39.3 Å². The number of nitrogens with zero attached hydrogens (tertiary/aromatic N) is 4. The van der Waals surface area contributed by atoms with Crippen LogP contribution in [0, 0.1) is 0 Å². The molecule has 4 heterocycles. The maximum Gasteiger partial charge on any atom is 0.263 e. The highest BCUT2D eigenvalue weighted by molar-refractivity contribution is 8.26. The maximum absolute atomic E-state index is 11.8. The summed E-state index contributed by atoms with van der Waals surface area (Å²) in [5.74, 6) is 0.966. The number of anilines is 1. The van der Waals surface area contributed by atoms with Gasteiger partial charge in [-0.05, 0) is 6.07 Å². The molecule has 0 atom stereocenters. The molecular formula is C17H13N5O2S2. The number of fused-ring (bicyclic) bond motifs is 1. The summed E-state index contributed by atoms with van der Waals surface area (Å²) in [6.45, 7) is 0. The Bertz CT molecular complexity index is 1060. The third-order valence-corrected chi connectivity index (χ3v) is 4.87. The second kappa shape index (κ2) is 6.50. The lowest BCUT2D eigenvalue weighted by Crippen LogP contribution is -2.17. The van der Waals surface area contributed by atoms with Crippen LogP contribution in [-0.2, 0) is 4.79 Å². The number of hydrogen-bond acceptors (Lipinski definition) is 8. The second-order valence-electron chi connectivity index (χ2n) is 5.77. The Kier molecular flexibility index (Phi) is 4.17. The van der Waals surface area contributed by atoms with Gasteiger partial charge in [-0.1, -0.05) is 24.0 Å². The molecule has 26 heavy (non-hydrogen) atoms. The van der Waals surface area contributed by atoms with Crippen molar-refractivity contribution in [1.29, 1.82) is 0 Å². The van der Waals surface area contributed by atoms with E-state index in [4.69, 9.17) is 16.6 Å². The first-order valence-electron chi connectivity index (χ1n) is 7.63. The molecule has 1 aliphatic heterocycles. The molecule has 0 aromatic carbocycles. The average Bonchev–Trinajstić information content (AvgIpc) is 3.17. The van der Waals surface area contributed by atoms with Crippen LogP contribution in [0.25, 0.3) is 28.2 Å². The molecule has 3 aromatic heterocycles. The van der Waals surface area contributed by atoms with Crippen molar-refractivity contribution in [3.63, 3.8) is 0 Å². The third-order valence-electron chi connectivity index (χ3n) is 3.71. The van der Waals surface area contributed by atoms with Crippen LogP contribution in [0.15, 0.2) is 40.2 Å². The molecule has 0 unspecified atom stereocenters. The highest BCUT2D eigenvalue weighted by Crippen LogP contribution is 2.32. The minimum Gasteiger partial charge on any atom is -0.456 e. The molecular weight excluding hydrogens is 370 g/mol. The first-order chi connectivity index (χ1) is 12.5. The van der Waals surface area contributed by atoms with E-state index in [2.05, 4.69) is 20.3 Å². The molecule has 1 saturated heterocycles. The number of carbonyl (C=O) groups excluding carboxylic acids is 1. The van der Waals surface area contributed by atoms with E-state index >= 15 is 0 Å². The summed E-state index contributed by atoms with van der Waals surface area (Å²) in [6.07, 6.45) is 8.57. The second-order valence-corrected chi connectivity index (χ2v) is 7.49. The number of nitrogens with one attached hydrogen (secondary N) is 1. The van der Waals surface area contributed by atoms with Gasteiger partial charge >= 0.3 is 0 Å². The van der Waals surface area contributed by atoms with Gasteiger partial charge in [0, 0.05) is 61.5 Å². The number of thioether (sulfide) groups is 1. The smallest absolute Gasteiger partial charge is 0.263 e. The van der Waals surface area contributed by atoms with Gasteiger partial charge in [-0.2, -0.15) is 0 Å². The van der Waals surface area contributed by atoms with Crippen molar-refractivity contribution in [2.45, 2.75) is 0 Å². The summed E-state index contributed by atoms with van der Waals surface area (Å²) in [5.41, 5.74) is 2.26. The molecule has 0 spiro atoms. The number of pyridine rings is 1. The fourth-order valence-electron chi connectivity index (χ4n) is 2.50. The Morgan fingerprint density at radius 2 is 2.00 bits per heavy atom. The van der Waals surface area contributed by atoms with Gasteiger partial charge in [0.2, 0.25) is 5.95 Å². The minimum absolute atomic E-state index is 0.216. The van der Waals surface area contributed by atoms with Crippen LogP contribution >= 0.6 is 24.0 Å². The lowest BCUT2D eigenvalue weighted by molar-refractivity contribution is -0.115. The molecule has 3 aromatic rings. The molecule has 1 amide bonds. The zero-order valence-corrected chi connectivity index (χ0v) is 15.5. The van der Waals surface area contributed by atoms with Crippen molar-refractivity contribution in [2.24, 2.45) is 0 Å². The predicted octanol–water partition coefficient (Wildman–Crippen LogP) is 2.84. The molecule has 0 saturated carbocycles. The van der Waals surface area contributed by atoms with Crippen molar-refractivity contribution in [3.05, 3.63) is 41.5 Å². The van der Waals surface area contributed by atoms with Crippen molar-refractivity contribution in [1.82, 2.24) is 20.3 Å². The number of thiocarbonyl (C=S) groups is 1. The van der Waals surface area contributed by atoms with Gasteiger partial charge in [-0.15, -0.1) is 0 Å². The molecule has 4 rings (SSSR count). The van der Waals surface area contributed by atoms with E-state index < -0.39 is 0 Å². The summed E-state index contributed by atoms with van der Waals surface area (Å²) in [5, 5.41) is 3.42. The molecule has 1 fully saturated rings. The van der Waals surface area contributed by atoms with Crippen LogP contribution in [0.2, 0.25) is 0 Å². The Labute approximate surface area is 158 Å². The fourth-order valence-corrected chi connectivity index (χ4v) is 3.52. The van der Waals surface area contributed by atoms with Crippen LogP contribution in [0.3, 0.4) is 0 Å². The molecule has 7 nitrogen and oxygen atoms in total. The van der Waals surface area contributed by atoms with Gasteiger partial charge in [0.1, 0.15) is 15.7 Å². The highest BCUT2D eigenvalue weighted by atomic mass is 32.2. The van der Waals surface area contributed by atoms with E-state index in [-0.39, 0.29) is 5.91 Å². The zero-order valence-electron chi connectivity index (χ0n) is 13.9. The molecule has 0 radical (unpaired) electrons. The van der Waals surface area contributed by atoms with Gasteiger partial charge in [0.05, 0.1) is 4.91 Å². The molecule has 0 bridgehead atoms. The lowest BCUT2D eigenvalue weighted by atomic mass is 10.1. The quantitative estimate of drug-likeness (QED) is 0.546. The average molecular weight is 383 g/mol. The Hall–Kier alpha value is -2.78. The normalized spacial score (nSPS) is 15.7. The molecule has 1 N–H and O–H groups in total. The van der Waals surface area contributed by atoms with Crippen LogP contribution in [0.5, 0.6) is 0 Å². The summed E-state index contributed by atoms with van der Waals surface area (Å²) < 4.78 is 6.40. The SMILES string of the molecule is CN(C)c1ncc(-c2cncc3cc(/C=C4/SC(=S)NC4=O)oc23)cn1. The van der Waals surface area contributed by atoms with Gasteiger partial charge < -0.3 is 14.6 Å². The molecule has 130 valence electrons. The lowest BCUT2D eigenvalue weighted by Gasteiger charge is -2.09. The Morgan fingerprint density at radius 3 is 2.65 bits per heavy atom. The van der Waals surface area contributed by atoms with Crippen molar-refractivity contribution >= 4 is 57.2 Å². The third kappa shape index (κ3) is 3.06. The van der Waals surface area contributed by atoms with E-state index in [0.29, 0.717) is 26.5 Å². The predicted molar refractivity (Wildman–Crippen MR) is 106 cm³/mol. The van der Waals surface area contributed by atoms with Gasteiger partial charge in [0.15, 0.2) is 0 Å². The van der Waals surface area contributed by atoms with Gasteiger partial charge in [-0.25, -0.2) is 9.97 Å². The molecule has 1 aliphatic rings.